The predicted octanol–water partition coefficient (Wildman–Crippen LogP) is 5.52. The molecule has 0 heterocycles. The van der Waals surface area contributed by atoms with E-state index >= 15 is 0 Å². The van der Waals surface area contributed by atoms with Gasteiger partial charge in [0.05, 0.1) is 0 Å². The molecular weight excluding hydrogens is 296 g/mol. The second kappa shape index (κ2) is 9.98. The summed E-state index contributed by atoms with van der Waals surface area (Å²) in [5.41, 5.74) is 0.971. The highest BCUT2D eigenvalue weighted by atomic mass is 16.5. The molecule has 0 unspecified atom stereocenters. The van der Waals surface area contributed by atoms with Gasteiger partial charge in [-0.3, -0.25) is 0 Å². The monoisotopic (exact) mass is 324 g/mol. The van der Waals surface area contributed by atoms with Gasteiger partial charge in [0.25, 0.3) is 0 Å². The van der Waals surface area contributed by atoms with Crippen LogP contribution in [0.1, 0.15) is 63.9 Å². The fourth-order valence-electron chi connectivity index (χ4n) is 3.23. The number of carbonyl (C=O) groups is 1. The Morgan fingerprint density at radius 3 is 2.54 bits per heavy atom. The van der Waals surface area contributed by atoms with E-state index in [0.717, 1.165) is 17.6 Å². The van der Waals surface area contributed by atoms with Crippen LogP contribution in [0.15, 0.2) is 36.9 Å². The number of hydrogen-bond donors (Lipinski definition) is 0. The van der Waals surface area contributed by atoms with Crippen LogP contribution in [0.5, 0.6) is 5.75 Å². The Balaban J connectivity index is 1.79. The Labute approximate surface area is 146 Å². The molecule has 2 heteroatoms. The lowest BCUT2D eigenvalue weighted by Gasteiger charge is -2.25. The van der Waals surface area contributed by atoms with Crippen molar-refractivity contribution >= 4 is 5.97 Å². The molecule has 0 atom stereocenters. The fourth-order valence-corrected chi connectivity index (χ4v) is 3.23. The highest BCUT2D eigenvalue weighted by Crippen LogP contribution is 2.31. The third-order valence-electron chi connectivity index (χ3n) is 4.72. The number of unbranched alkanes of at least 4 members (excludes halogenated alkanes) is 2. The lowest BCUT2D eigenvalue weighted by molar-refractivity contribution is -0.128. The van der Waals surface area contributed by atoms with Crippen molar-refractivity contribution in [2.24, 2.45) is 11.8 Å². The van der Waals surface area contributed by atoms with Crippen LogP contribution in [-0.4, -0.2) is 5.97 Å². The zero-order valence-electron chi connectivity index (χ0n) is 14.7. The predicted molar refractivity (Wildman–Crippen MR) is 98.7 cm³/mol. The van der Waals surface area contributed by atoms with Gasteiger partial charge in [0.2, 0.25) is 0 Å². The maximum atomic E-state index is 11.1. The number of hydrogen-bond acceptors (Lipinski definition) is 2. The molecule has 0 N–H and O–H groups in total. The van der Waals surface area contributed by atoms with Crippen LogP contribution in [0.2, 0.25) is 0 Å². The summed E-state index contributed by atoms with van der Waals surface area (Å²) in [5, 5.41) is 0. The standard InChI is InChI=1S/C22H28O2/c1-3-5-6-7-18-8-10-19(11-9-18)12-13-20-14-16-21(17-15-20)24-22(23)4-2/h4,14-19H,2-3,5-11H2,1H3. The van der Waals surface area contributed by atoms with Crippen molar-refractivity contribution in [2.45, 2.75) is 58.3 Å². The average Bonchev–Trinajstić information content (AvgIpc) is 2.62. The Morgan fingerprint density at radius 1 is 1.21 bits per heavy atom. The SMILES string of the molecule is C=CC(=O)Oc1ccc(C#CC2CCC(CCCCC)CC2)cc1. The van der Waals surface area contributed by atoms with Gasteiger partial charge in [-0.15, -0.1) is 0 Å². The Bertz CT molecular complexity index is 581. The van der Waals surface area contributed by atoms with Crippen LogP contribution >= 0.6 is 0 Å². The van der Waals surface area contributed by atoms with Crippen molar-refractivity contribution in [1.82, 2.24) is 0 Å². The zero-order chi connectivity index (χ0) is 17.2. The van der Waals surface area contributed by atoms with Gasteiger partial charge in [-0.2, -0.15) is 0 Å². The summed E-state index contributed by atoms with van der Waals surface area (Å²) in [5.74, 6) is 8.23. The summed E-state index contributed by atoms with van der Waals surface area (Å²) >= 11 is 0. The zero-order valence-corrected chi connectivity index (χ0v) is 14.7. The van der Waals surface area contributed by atoms with Crippen molar-refractivity contribution in [2.75, 3.05) is 0 Å². The largest absolute Gasteiger partial charge is 0.423 e. The minimum atomic E-state index is -0.440. The topological polar surface area (TPSA) is 26.3 Å². The molecule has 1 fully saturated rings. The Hall–Kier alpha value is -2.01. The van der Waals surface area contributed by atoms with Crippen molar-refractivity contribution < 1.29 is 9.53 Å². The minimum Gasteiger partial charge on any atom is -0.423 e. The first-order chi connectivity index (χ1) is 11.7. The highest BCUT2D eigenvalue weighted by molar-refractivity contribution is 5.83. The molecule has 0 aliphatic heterocycles. The van der Waals surface area contributed by atoms with E-state index in [2.05, 4.69) is 25.3 Å². The maximum absolute atomic E-state index is 11.1. The summed E-state index contributed by atoms with van der Waals surface area (Å²) < 4.78 is 5.06. The average molecular weight is 324 g/mol. The van der Waals surface area contributed by atoms with Crippen LogP contribution in [0, 0.1) is 23.7 Å². The van der Waals surface area contributed by atoms with E-state index in [1.165, 1.54) is 51.4 Å². The molecule has 0 radical (unpaired) electrons. The first-order valence-corrected chi connectivity index (χ1v) is 9.17. The Kier molecular flexibility index (Phi) is 7.62. The molecule has 2 rings (SSSR count). The molecule has 128 valence electrons. The molecule has 1 aromatic carbocycles. The summed E-state index contributed by atoms with van der Waals surface area (Å²) in [6.07, 6.45) is 11.8. The van der Waals surface area contributed by atoms with Crippen LogP contribution in [-0.2, 0) is 4.79 Å². The molecule has 0 saturated heterocycles. The van der Waals surface area contributed by atoms with Gasteiger partial charge in [-0.1, -0.05) is 51.0 Å². The molecule has 0 aromatic heterocycles. The van der Waals surface area contributed by atoms with E-state index in [-0.39, 0.29) is 0 Å². The quantitative estimate of drug-likeness (QED) is 0.226. The van der Waals surface area contributed by atoms with Gasteiger partial charge < -0.3 is 4.74 Å². The van der Waals surface area contributed by atoms with Crippen molar-refractivity contribution in [3.63, 3.8) is 0 Å². The maximum Gasteiger partial charge on any atom is 0.335 e. The molecule has 1 aliphatic rings. The van der Waals surface area contributed by atoms with Gasteiger partial charge in [-0.05, 0) is 55.9 Å². The third kappa shape index (κ3) is 6.24. The summed E-state index contributed by atoms with van der Waals surface area (Å²) in [6, 6.07) is 7.34. The van der Waals surface area contributed by atoms with Crippen LogP contribution in [0.4, 0.5) is 0 Å². The van der Waals surface area contributed by atoms with Crippen molar-refractivity contribution in [1.29, 1.82) is 0 Å². The first kappa shape index (κ1) is 18.3. The number of ether oxygens (including phenoxy) is 1. The second-order valence-electron chi connectivity index (χ2n) is 6.63. The molecule has 1 aliphatic carbocycles. The molecule has 1 saturated carbocycles. The lowest BCUT2D eigenvalue weighted by atomic mass is 9.80. The number of benzene rings is 1. The van der Waals surface area contributed by atoms with Gasteiger partial charge in [0.15, 0.2) is 0 Å². The van der Waals surface area contributed by atoms with Gasteiger partial charge in [0, 0.05) is 17.6 Å². The molecule has 0 bridgehead atoms. The van der Waals surface area contributed by atoms with Crippen LogP contribution < -0.4 is 4.74 Å². The summed E-state index contributed by atoms with van der Waals surface area (Å²) in [7, 11) is 0. The van der Waals surface area contributed by atoms with Crippen molar-refractivity contribution in [3.05, 3.63) is 42.5 Å². The number of rotatable bonds is 6. The van der Waals surface area contributed by atoms with E-state index in [1.54, 1.807) is 12.1 Å². The number of carbonyl (C=O) groups excluding carboxylic acids is 1. The van der Waals surface area contributed by atoms with Gasteiger partial charge in [-0.25, -0.2) is 4.79 Å². The summed E-state index contributed by atoms with van der Waals surface area (Å²) in [6.45, 7) is 5.65. The van der Waals surface area contributed by atoms with E-state index < -0.39 is 5.97 Å². The fraction of sp³-hybridized carbons (Fsp3) is 0.500. The molecule has 0 amide bonds. The molecule has 0 spiro atoms. The lowest BCUT2D eigenvalue weighted by Crippen LogP contribution is -2.13. The third-order valence-corrected chi connectivity index (χ3v) is 4.72. The van der Waals surface area contributed by atoms with E-state index in [1.807, 2.05) is 12.1 Å². The van der Waals surface area contributed by atoms with Crippen molar-refractivity contribution in [3.8, 4) is 17.6 Å². The number of esters is 1. The molecule has 24 heavy (non-hydrogen) atoms. The van der Waals surface area contributed by atoms with E-state index in [9.17, 15) is 4.79 Å². The van der Waals surface area contributed by atoms with E-state index in [0.29, 0.717) is 11.7 Å². The molecule has 1 aromatic rings. The molecule has 2 nitrogen and oxygen atoms in total. The Morgan fingerprint density at radius 2 is 1.92 bits per heavy atom. The first-order valence-electron chi connectivity index (χ1n) is 9.17. The smallest absolute Gasteiger partial charge is 0.335 e. The second-order valence-corrected chi connectivity index (χ2v) is 6.63. The van der Waals surface area contributed by atoms with Crippen LogP contribution in [0.25, 0.3) is 0 Å². The van der Waals surface area contributed by atoms with Gasteiger partial charge >= 0.3 is 5.97 Å². The van der Waals surface area contributed by atoms with Crippen LogP contribution in [0.3, 0.4) is 0 Å². The molecular formula is C22H28O2. The highest BCUT2D eigenvalue weighted by Gasteiger charge is 2.19. The van der Waals surface area contributed by atoms with Gasteiger partial charge in [0.1, 0.15) is 5.75 Å². The summed E-state index contributed by atoms with van der Waals surface area (Å²) in [4.78, 5) is 11.1. The minimum absolute atomic E-state index is 0.440. The van der Waals surface area contributed by atoms with E-state index in [4.69, 9.17) is 4.74 Å². The normalized spacial score (nSPS) is 19.9.